The molecule has 18 heteroatoms. The van der Waals surface area contributed by atoms with Crippen molar-refractivity contribution in [2.75, 3.05) is 34.5 Å². The standard InChI is InChI=1S/C33H44BIN4O12/c1-18(36-29(42)26(38(7)31(44)51-32(2,3)4)20-10-11-25(47-8)22(35)15-20)28(41)37-23(30(43)48-9)13-19-12-21(27(40)24(14-19)39(45)46)34-49-16-33(5,6)17-50-34/h10-12,14-15,18,23,26,40H,13,16-17H2,1-9H3,(H,36,42)(H,37,41)/t18-,23-,26-/m0/s1. The molecule has 0 unspecified atom stereocenters. The lowest BCUT2D eigenvalue weighted by atomic mass is 9.74. The number of nitrogens with zero attached hydrogens (tertiary/aromatic N) is 2. The molecular formula is C33H44BIN4O12. The van der Waals surface area contributed by atoms with E-state index in [0.717, 1.165) is 18.1 Å². The Morgan fingerprint density at radius 3 is 2.25 bits per heavy atom. The number of halogens is 1. The molecule has 278 valence electrons. The Labute approximate surface area is 310 Å². The predicted molar refractivity (Wildman–Crippen MR) is 194 cm³/mol. The summed E-state index contributed by atoms with van der Waals surface area (Å²) in [5.41, 5.74) is -1.25. The summed E-state index contributed by atoms with van der Waals surface area (Å²) in [6.07, 6.45) is -1.08. The lowest BCUT2D eigenvalue weighted by Crippen LogP contribution is -2.53. The minimum absolute atomic E-state index is 0.0152. The van der Waals surface area contributed by atoms with E-state index in [1.165, 1.54) is 27.1 Å². The highest BCUT2D eigenvalue weighted by Crippen LogP contribution is 2.30. The first-order valence-corrected chi connectivity index (χ1v) is 17.0. The zero-order valence-electron chi connectivity index (χ0n) is 30.0. The van der Waals surface area contributed by atoms with Gasteiger partial charge in [0.25, 0.3) is 0 Å². The molecule has 0 bridgehead atoms. The third-order valence-corrected chi connectivity index (χ3v) is 8.53. The second-order valence-electron chi connectivity index (χ2n) is 13.8. The number of hydrogen-bond acceptors (Lipinski definition) is 12. The molecule has 1 saturated heterocycles. The number of nitro groups is 1. The third kappa shape index (κ3) is 10.9. The van der Waals surface area contributed by atoms with Crippen LogP contribution >= 0.6 is 22.6 Å². The molecular weight excluding hydrogens is 782 g/mol. The van der Waals surface area contributed by atoms with Gasteiger partial charge >= 0.3 is 24.9 Å². The number of carbonyl (C=O) groups excluding carboxylic acids is 4. The van der Waals surface area contributed by atoms with Crippen LogP contribution in [-0.2, 0) is 39.6 Å². The topological polar surface area (TPSA) is 205 Å². The van der Waals surface area contributed by atoms with E-state index in [2.05, 4.69) is 10.6 Å². The van der Waals surface area contributed by atoms with Crippen LogP contribution in [0.1, 0.15) is 58.7 Å². The van der Waals surface area contributed by atoms with Crippen LogP contribution in [0.5, 0.6) is 11.5 Å². The molecule has 3 amide bonds. The third-order valence-electron chi connectivity index (χ3n) is 7.68. The maximum atomic E-state index is 13.8. The molecule has 16 nitrogen and oxygen atoms in total. The van der Waals surface area contributed by atoms with Crippen LogP contribution in [0, 0.1) is 19.1 Å². The number of likely N-dealkylation sites (N-methyl/N-ethyl adjacent to an activating group) is 1. The summed E-state index contributed by atoms with van der Waals surface area (Å²) in [6, 6.07) is 3.54. The molecule has 2 aromatic carbocycles. The number of ether oxygens (including phenoxy) is 3. The Bertz CT molecular complexity index is 1640. The van der Waals surface area contributed by atoms with Crippen molar-refractivity contribution in [1.82, 2.24) is 15.5 Å². The predicted octanol–water partition coefficient (Wildman–Crippen LogP) is 3.00. The van der Waals surface area contributed by atoms with E-state index in [9.17, 15) is 34.4 Å². The highest BCUT2D eigenvalue weighted by Gasteiger charge is 2.38. The zero-order chi connectivity index (χ0) is 38.4. The molecule has 3 N–H and O–H groups in total. The van der Waals surface area contributed by atoms with Gasteiger partial charge < -0.3 is 39.3 Å². The maximum Gasteiger partial charge on any atom is 0.498 e. The number of methoxy groups -OCH3 is 2. The van der Waals surface area contributed by atoms with E-state index in [4.69, 9.17) is 23.5 Å². The first kappa shape index (κ1) is 41.3. The minimum Gasteiger partial charge on any atom is -0.502 e. The number of carbonyl (C=O) groups is 4. The number of nitro benzene ring substituents is 1. The summed E-state index contributed by atoms with van der Waals surface area (Å²) < 4.78 is 27.8. The molecule has 0 aliphatic carbocycles. The number of hydrogen-bond donors (Lipinski definition) is 3. The van der Waals surface area contributed by atoms with Crippen molar-refractivity contribution in [3.05, 3.63) is 55.1 Å². The van der Waals surface area contributed by atoms with Gasteiger partial charge in [0, 0.05) is 43.6 Å². The lowest BCUT2D eigenvalue weighted by molar-refractivity contribution is -0.385. The molecule has 0 spiro atoms. The number of rotatable bonds is 12. The maximum absolute atomic E-state index is 13.8. The van der Waals surface area contributed by atoms with Crippen LogP contribution in [0.25, 0.3) is 0 Å². The van der Waals surface area contributed by atoms with Crippen molar-refractivity contribution >= 4 is 64.7 Å². The Hall–Kier alpha value is -4.17. The van der Waals surface area contributed by atoms with Crippen LogP contribution in [-0.4, -0.2) is 98.1 Å². The highest BCUT2D eigenvalue weighted by molar-refractivity contribution is 14.1. The second kappa shape index (κ2) is 16.9. The van der Waals surface area contributed by atoms with Crippen molar-refractivity contribution in [2.24, 2.45) is 5.41 Å². The minimum atomic E-state index is -1.37. The number of amides is 3. The van der Waals surface area contributed by atoms with Gasteiger partial charge in [0.1, 0.15) is 29.5 Å². The van der Waals surface area contributed by atoms with Gasteiger partial charge in [0.05, 0.1) is 22.7 Å². The smallest absolute Gasteiger partial charge is 0.498 e. The Morgan fingerprint density at radius 1 is 1.10 bits per heavy atom. The molecule has 51 heavy (non-hydrogen) atoms. The van der Waals surface area contributed by atoms with Gasteiger partial charge in [-0.2, -0.15) is 0 Å². The molecule has 3 atom stereocenters. The van der Waals surface area contributed by atoms with Crippen LogP contribution in [0.15, 0.2) is 30.3 Å². The molecule has 3 rings (SSSR count). The fourth-order valence-electron chi connectivity index (χ4n) is 5.08. The fourth-order valence-corrected chi connectivity index (χ4v) is 5.84. The average Bonchev–Trinajstić information content (AvgIpc) is 3.04. The number of phenolic OH excluding ortho intramolecular Hbond substituents is 1. The van der Waals surface area contributed by atoms with Crippen LogP contribution in [0.4, 0.5) is 10.5 Å². The van der Waals surface area contributed by atoms with Crippen molar-refractivity contribution in [3.8, 4) is 11.5 Å². The van der Waals surface area contributed by atoms with E-state index in [1.54, 1.807) is 39.0 Å². The van der Waals surface area contributed by atoms with E-state index >= 15 is 0 Å². The van der Waals surface area contributed by atoms with Crippen molar-refractivity contribution in [3.63, 3.8) is 0 Å². The van der Waals surface area contributed by atoms with Gasteiger partial charge in [-0.3, -0.25) is 24.6 Å². The molecule has 1 aliphatic rings. The molecule has 1 heterocycles. The van der Waals surface area contributed by atoms with Crippen LogP contribution < -0.4 is 20.8 Å². The zero-order valence-corrected chi connectivity index (χ0v) is 32.2. The molecule has 1 fully saturated rings. The summed E-state index contributed by atoms with van der Waals surface area (Å²) in [6.45, 7) is 10.8. The van der Waals surface area contributed by atoms with E-state index in [0.29, 0.717) is 14.9 Å². The van der Waals surface area contributed by atoms with Crippen molar-refractivity contribution in [2.45, 2.75) is 71.7 Å². The van der Waals surface area contributed by atoms with Gasteiger partial charge in [0.15, 0.2) is 5.75 Å². The molecule has 0 saturated carbocycles. The van der Waals surface area contributed by atoms with E-state index in [-0.39, 0.29) is 36.1 Å². The van der Waals surface area contributed by atoms with Crippen LogP contribution in [0.3, 0.4) is 0 Å². The second-order valence-corrected chi connectivity index (χ2v) is 15.0. The lowest BCUT2D eigenvalue weighted by Gasteiger charge is -2.33. The van der Waals surface area contributed by atoms with Gasteiger partial charge in [-0.05, 0) is 73.5 Å². The summed E-state index contributed by atoms with van der Waals surface area (Å²) in [4.78, 5) is 65.3. The van der Waals surface area contributed by atoms with Gasteiger partial charge in [-0.1, -0.05) is 26.0 Å². The summed E-state index contributed by atoms with van der Waals surface area (Å²) in [7, 11) is 2.88. The normalized spacial score (nSPS) is 15.8. The number of aromatic hydroxyl groups is 1. The quantitative estimate of drug-likeness (QED) is 0.0930. The van der Waals surface area contributed by atoms with E-state index in [1.807, 2.05) is 36.4 Å². The van der Waals surface area contributed by atoms with Gasteiger partial charge in [-0.15, -0.1) is 0 Å². The molecule has 0 aromatic heterocycles. The Morgan fingerprint density at radius 2 is 1.73 bits per heavy atom. The summed E-state index contributed by atoms with van der Waals surface area (Å²) in [5.74, 6) is -2.50. The Kier molecular flexibility index (Phi) is 13.7. The first-order chi connectivity index (χ1) is 23.7. The number of nitrogens with one attached hydrogen (secondary N) is 2. The summed E-state index contributed by atoms with van der Waals surface area (Å²) in [5, 5.41) is 27.7. The number of phenols is 1. The van der Waals surface area contributed by atoms with Crippen molar-refractivity contribution in [1.29, 1.82) is 0 Å². The number of benzene rings is 2. The monoisotopic (exact) mass is 826 g/mol. The number of esters is 1. The molecule has 0 radical (unpaired) electrons. The SMILES string of the molecule is COC(=O)[C@H](Cc1cc(B2OCC(C)(C)CO2)c(O)c([N+](=O)[O-])c1)NC(=O)[C@H](C)NC(=O)[C@H](c1ccc(OC)c(I)c1)N(C)C(=O)OC(C)(C)C. The van der Waals surface area contributed by atoms with Gasteiger partial charge in [-0.25, -0.2) is 9.59 Å². The molecule has 1 aliphatic heterocycles. The van der Waals surface area contributed by atoms with Crippen molar-refractivity contribution < 1.29 is 52.7 Å². The Balaban J connectivity index is 1.87. The fraction of sp³-hybridized carbons (Fsp3) is 0.515. The van der Waals surface area contributed by atoms with Gasteiger partial charge in [0.2, 0.25) is 11.8 Å². The largest absolute Gasteiger partial charge is 0.502 e. The first-order valence-electron chi connectivity index (χ1n) is 15.9. The average molecular weight is 826 g/mol. The van der Waals surface area contributed by atoms with Crippen LogP contribution in [0.2, 0.25) is 0 Å². The van der Waals surface area contributed by atoms with E-state index < -0.39 is 71.1 Å². The molecule has 2 aromatic rings. The highest BCUT2D eigenvalue weighted by atomic mass is 127. The summed E-state index contributed by atoms with van der Waals surface area (Å²) >= 11 is 2.03.